The lowest BCUT2D eigenvalue weighted by Crippen LogP contribution is -2.54. The number of carboxylic acid groups (broad SMARTS) is 1. The van der Waals surface area contributed by atoms with Gasteiger partial charge in [-0.05, 0) is 40.5 Å². The van der Waals surface area contributed by atoms with E-state index in [1.165, 1.54) is 11.9 Å². The minimum atomic E-state index is -2.83. The van der Waals surface area contributed by atoms with Crippen molar-refractivity contribution >= 4 is 12.1 Å². The Balaban J connectivity index is 2.93. The molecule has 1 saturated carbocycles. The lowest BCUT2D eigenvalue weighted by atomic mass is 9.68. The van der Waals surface area contributed by atoms with Gasteiger partial charge in [0.2, 0.25) is 5.92 Å². The summed E-state index contributed by atoms with van der Waals surface area (Å²) in [5.41, 5.74) is -2.08. The predicted molar refractivity (Wildman–Crippen MR) is 76.9 cm³/mol. The Bertz CT molecular complexity index is 435. The standard InChI is InChI=1S/C15H25F2NO4/c1-10(18(5)12(21)22-13(2,3)4)14(11(19)20)6-8-15(16,17)9-7-14/h10H,6-9H2,1-5H3,(H,19,20). The molecule has 1 unspecified atom stereocenters. The molecule has 7 heteroatoms. The van der Waals surface area contributed by atoms with Gasteiger partial charge in [0.25, 0.3) is 0 Å². The van der Waals surface area contributed by atoms with Crippen LogP contribution in [0.3, 0.4) is 0 Å². The Kier molecular flexibility index (Phi) is 5.09. The first kappa shape index (κ1) is 18.6. The zero-order chi connectivity index (χ0) is 17.3. The maximum absolute atomic E-state index is 13.4. The molecule has 1 amide bonds. The summed E-state index contributed by atoms with van der Waals surface area (Å²) in [6.07, 6.45) is -1.94. The van der Waals surface area contributed by atoms with Crippen LogP contribution in [0.15, 0.2) is 0 Å². The molecular formula is C15H25F2NO4. The molecule has 0 aromatic carbocycles. The van der Waals surface area contributed by atoms with Gasteiger partial charge in [-0.1, -0.05) is 0 Å². The largest absolute Gasteiger partial charge is 0.481 e. The van der Waals surface area contributed by atoms with Gasteiger partial charge in [0.15, 0.2) is 0 Å². The van der Waals surface area contributed by atoms with E-state index in [9.17, 15) is 23.5 Å². The van der Waals surface area contributed by atoms with Crippen LogP contribution < -0.4 is 0 Å². The summed E-state index contributed by atoms with van der Waals surface area (Å²) >= 11 is 0. The van der Waals surface area contributed by atoms with Gasteiger partial charge in [0.1, 0.15) is 5.60 Å². The van der Waals surface area contributed by atoms with Gasteiger partial charge in [-0.3, -0.25) is 4.79 Å². The topological polar surface area (TPSA) is 66.8 Å². The first-order valence-electron chi connectivity index (χ1n) is 7.38. The van der Waals surface area contributed by atoms with E-state index >= 15 is 0 Å². The Morgan fingerprint density at radius 3 is 2.00 bits per heavy atom. The SMILES string of the molecule is CC(N(C)C(=O)OC(C)(C)C)C1(C(=O)O)CCC(F)(F)CC1. The summed E-state index contributed by atoms with van der Waals surface area (Å²) in [7, 11) is 1.44. The number of carbonyl (C=O) groups is 2. The number of carboxylic acids is 1. The van der Waals surface area contributed by atoms with Gasteiger partial charge in [0, 0.05) is 25.9 Å². The fourth-order valence-corrected chi connectivity index (χ4v) is 2.73. The van der Waals surface area contributed by atoms with E-state index < -0.39 is 47.9 Å². The van der Waals surface area contributed by atoms with E-state index in [4.69, 9.17) is 4.74 Å². The highest BCUT2D eigenvalue weighted by atomic mass is 19.3. The number of halogens is 2. The number of alkyl halides is 2. The van der Waals surface area contributed by atoms with E-state index in [2.05, 4.69) is 0 Å². The van der Waals surface area contributed by atoms with Crippen molar-refractivity contribution in [2.24, 2.45) is 5.41 Å². The lowest BCUT2D eigenvalue weighted by Gasteiger charge is -2.44. The second-order valence-electron chi connectivity index (χ2n) is 7.08. The second kappa shape index (κ2) is 6.01. The van der Waals surface area contributed by atoms with E-state index in [-0.39, 0.29) is 12.8 Å². The molecule has 0 bridgehead atoms. The van der Waals surface area contributed by atoms with Gasteiger partial charge in [-0.2, -0.15) is 0 Å². The van der Waals surface area contributed by atoms with Crippen LogP contribution in [-0.4, -0.2) is 46.7 Å². The van der Waals surface area contributed by atoms with Gasteiger partial charge >= 0.3 is 12.1 Å². The molecule has 1 N–H and O–H groups in total. The quantitative estimate of drug-likeness (QED) is 0.863. The highest BCUT2D eigenvalue weighted by Gasteiger charge is 2.53. The van der Waals surface area contributed by atoms with E-state index in [0.717, 1.165) is 0 Å². The Labute approximate surface area is 129 Å². The summed E-state index contributed by atoms with van der Waals surface area (Å²) in [4.78, 5) is 25.0. The van der Waals surface area contributed by atoms with Crippen LogP contribution in [0.25, 0.3) is 0 Å². The van der Waals surface area contributed by atoms with Crippen molar-refractivity contribution in [3.63, 3.8) is 0 Å². The van der Waals surface area contributed by atoms with Crippen LogP contribution in [0.1, 0.15) is 53.4 Å². The molecule has 1 aliphatic rings. The number of carbonyl (C=O) groups excluding carboxylic acids is 1. The third kappa shape index (κ3) is 4.08. The Hall–Kier alpha value is -1.40. The minimum absolute atomic E-state index is 0.163. The normalized spacial score (nSPS) is 21.8. The molecule has 0 heterocycles. The smallest absolute Gasteiger partial charge is 0.410 e. The van der Waals surface area contributed by atoms with Gasteiger partial charge < -0.3 is 14.7 Å². The van der Waals surface area contributed by atoms with Gasteiger partial charge in [-0.15, -0.1) is 0 Å². The first-order valence-corrected chi connectivity index (χ1v) is 7.38. The van der Waals surface area contributed by atoms with Crippen molar-refractivity contribution in [3.8, 4) is 0 Å². The van der Waals surface area contributed by atoms with Crippen LogP contribution in [0.5, 0.6) is 0 Å². The molecule has 1 aliphatic carbocycles. The highest BCUT2D eigenvalue weighted by Crippen LogP contribution is 2.47. The molecule has 0 aromatic heterocycles. The van der Waals surface area contributed by atoms with Crippen molar-refractivity contribution in [2.45, 2.75) is 70.9 Å². The molecule has 5 nitrogen and oxygen atoms in total. The number of ether oxygens (including phenoxy) is 1. The lowest BCUT2D eigenvalue weighted by molar-refractivity contribution is -0.162. The average molecular weight is 321 g/mol. The van der Waals surface area contributed by atoms with Gasteiger partial charge in [0.05, 0.1) is 5.41 Å². The van der Waals surface area contributed by atoms with Crippen molar-refractivity contribution in [3.05, 3.63) is 0 Å². The summed E-state index contributed by atoms with van der Waals surface area (Å²) in [5, 5.41) is 9.57. The van der Waals surface area contributed by atoms with Crippen molar-refractivity contribution in [1.29, 1.82) is 0 Å². The number of amides is 1. The van der Waals surface area contributed by atoms with E-state index in [0.29, 0.717) is 0 Å². The molecule has 0 aliphatic heterocycles. The third-order valence-electron chi connectivity index (χ3n) is 4.36. The molecule has 1 atom stereocenters. The van der Waals surface area contributed by atoms with Crippen molar-refractivity contribution < 1.29 is 28.2 Å². The van der Waals surface area contributed by atoms with E-state index in [1.807, 2.05) is 0 Å². The van der Waals surface area contributed by atoms with Crippen LogP contribution >= 0.6 is 0 Å². The second-order valence-corrected chi connectivity index (χ2v) is 7.08. The summed E-state index contributed by atoms with van der Waals surface area (Å²) in [6, 6.07) is -0.740. The number of nitrogens with zero attached hydrogens (tertiary/aromatic N) is 1. The summed E-state index contributed by atoms with van der Waals surface area (Å²) in [5.74, 6) is -3.98. The number of rotatable bonds is 3. The molecule has 1 fully saturated rings. The fourth-order valence-electron chi connectivity index (χ4n) is 2.73. The zero-order valence-electron chi connectivity index (χ0n) is 13.8. The van der Waals surface area contributed by atoms with Crippen molar-refractivity contribution in [1.82, 2.24) is 4.90 Å². The average Bonchev–Trinajstić information content (AvgIpc) is 2.35. The molecule has 1 rings (SSSR count). The van der Waals surface area contributed by atoms with Crippen LogP contribution in [0, 0.1) is 5.41 Å². The predicted octanol–water partition coefficient (Wildman–Crippen LogP) is 3.52. The summed E-state index contributed by atoms with van der Waals surface area (Å²) in [6.45, 7) is 6.69. The van der Waals surface area contributed by atoms with Crippen LogP contribution in [-0.2, 0) is 9.53 Å². The molecule has 0 spiro atoms. The molecular weight excluding hydrogens is 296 g/mol. The molecule has 0 aromatic rings. The fraction of sp³-hybridized carbons (Fsp3) is 0.867. The Morgan fingerprint density at radius 2 is 1.64 bits per heavy atom. The molecule has 22 heavy (non-hydrogen) atoms. The van der Waals surface area contributed by atoms with Gasteiger partial charge in [-0.25, -0.2) is 13.6 Å². The molecule has 0 radical (unpaired) electrons. The molecule has 128 valence electrons. The van der Waals surface area contributed by atoms with Crippen LogP contribution in [0.2, 0.25) is 0 Å². The maximum atomic E-state index is 13.4. The molecule has 0 saturated heterocycles. The van der Waals surface area contributed by atoms with Crippen molar-refractivity contribution in [2.75, 3.05) is 7.05 Å². The van der Waals surface area contributed by atoms with E-state index in [1.54, 1.807) is 27.7 Å². The van der Waals surface area contributed by atoms with Crippen LogP contribution in [0.4, 0.5) is 13.6 Å². The summed E-state index contributed by atoms with van der Waals surface area (Å²) < 4.78 is 31.9. The number of hydrogen-bond donors (Lipinski definition) is 1. The number of aliphatic carboxylic acids is 1. The Morgan fingerprint density at radius 1 is 1.18 bits per heavy atom. The first-order chi connectivity index (χ1) is 9.81. The number of hydrogen-bond acceptors (Lipinski definition) is 3. The third-order valence-corrected chi connectivity index (χ3v) is 4.36. The highest BCUT2D eigenvalue weighted by molar-refractivity contribution is 5.77. The minimum Gasteiger partial charge on any atom is -0.481 e. The maximum Gasteiger partial charge on any atom is 0.410 e. The monoisotopic (exact) mass is 321 g/mol. The zero-order valence-corrected chi connectivity index (χ0v) is 13.8.